The molecule has 3 atom stereocenters. The molecule has 3 unspecified atom stereocenters. The zero-order valence-electron chi connectivity index (χ0n) is 16.7. The molecule has 7 heteroatoms. The Hall–Kier alpha value is -1.27. The first-order chi connectivity index (χ1) is 12.6. The smallest absolute Gasteiger partial charge is 0.241 e. The summed E-state index contributed by atoms with van der Waals surface area (Å²) in [4.78, 5) is 14.9. The highest BCUT2D eigenvalue weighted by Gasteiger charge is 2.38. The Labute approximate surface area is 180 Å². The van der Waals surface area contributed by atoms with Gasteiger partial charge in [-0.25, -0.2) is 0 Å². The molecule has 0 radical (unpaired) electrons. The van der Waals surface area contributed by atoms with Gasteiger partial charge in [-0.2, -0.15) is 0 Å². The van der Waals surface area contributed by atoms with E-state index in [1.807, 2.05) is 6.07 Å². The van der Waals surface area contributed by atoms with Crippen molar-refractivity contribution in [3.63, 3.8) is 0 Å². The summed E-state index contributed by atoms with van der Waals surface area (Å²) in [7, 11) is 4.17. The van der Waals surface area contributed by atoms with Gasteiger partial charge in [0, 0.05) is 31.0 Å². The van der Waals surface area contributed by atoms with Crippen molar-refractivity contribution in [2.75, 3.05) is 26.0 Å². The molecule has 1 aliphatic carbocycles. The Bertz CT molecular complexity index is 778. The number of hydrogen-bond acceptors (Lipinski definition) is 3. The molecule has 2 aliphatic rings. The first kappa shape index (κ1) is 23.0. The summed E-state index contributed by atoms with van der Waals surface area (Å²) in [6, 6.07) is 8.85. The molecule has 28 heavy (non-hydrogen) atoms. The number of anilines is 1. The highest BCUT2D eigenvalue weighted by molar-refractivity contribution is 5.97. The van der Waals surface area contributed by atoms with E-state index in [-0.39, 0.29) is 36.8 Å². The van der Waals surface area contributed by atoms with E-state index in [1.165, 1.54) is 36.6 Å². The predicted molar refractivity (Wildman–Crippen MR) is 121 cm³/mol. The molecule has 2 aromatic rings. The number of likely N-dealkylation sites (N-methyl/N-ethyl adjacent to an activating group) is 1. The van der Waals surface area contributed by atoms with Crippen LogP contribution in [0, 0.1) is 5.92 Å². The van der Waals surface area contributed by atoms with E-state index in [2.05, 4.69) is 58.6 Å². The van der Waals surface area contributed by atoms with Gasteiger partial charge in [0.2, 0.25) is 5.91 Å². The maximum absolute atomic E-state index is 12.7. The Morgan fingerprint density at radius 2 is 2.00 bits per heavy atom. The second-order valence-corrected chi connectivity index (χ2v) is 8.18. The number of amides is 1. The predicted octanol–water partition coefficient (Wildman–Crippen LogP) is 3.91. The Morgan fingerprint density at radius 1 is 1.21 bits per heavy atom. The van der Waals surface area contributed by atoms with Gasteiger partial charge in [-0.15, -0.1) is 24.8 Å². The van der Waals surface area contributed by atoms with Crippen LogP contribution >= 0.6 is 24.8 Å². The van der Waals surface area contributed by atoms with Crippen LogP contribution in [0.5, 0.6) is 0 Å². The molecule has 2 N–H and O–H groups in total. The van der Waals surface area contributed by atoms with Crippen LogP contribution in [0.2, 0.25) is 0 Å². The SMILES string of the molecule is CN(C)CCn1ccc2ccc(NC(=O)C3CC4CCCCC4N3)cc21.Cl.Cl. The maximum Gasteiger partial charge on any atom is 0.241 e. The number of nitrogens with zero attached hydrogens (tertiary/aromatic N) is 2. The summed E-state index contributed by atoms with van der Waals surface area (Å²) in [5, 5.41) is 7.92. The summed E-state index contributed by atoms with van der Waals surface area (Å²) in [6.45, 7) is 1.94. The van der Waals surface area contributed by atoms with Gasteiger partial charge in [0.25, 0.3) is 0 Å². The largest absolute Gasteiger partial charge is 0.346 e. The molecule has 0 spiro atoms. The topological polar surface area (TPSA) is 49.3 Å². The summed E-state index contributed by atoms with van der Waals surface area (Å²) >= 11 is 0. The van der Waals surface area contributed by atoms with Crippen LogP contribution in [0.1, 0.15) is 32.1 Å². The van der Waals surface area contributed by atoms with E-state index in [1.54, 1.807) is 0 Å². The molecular formula is C21H32Cl2N4O. The lowest BCUT2D eigenvalue weighted by atomic mass is 9.85. The van der Waals surface area contributed by atoms with Gasteiger partial charge in [-0.05, 0) is 62.9 Å². The fourth-order valence-electron chi connectivity index (χ4n) is 4.51. The summed E-state index contributed by atoms with van der Waals surface area (Å²) in [5.74, 6) is 0.801. The third-order valence-electron chi connectivity index (χ3n) is 6.01. The number of hydrogen-bond donors (Lipinski definition) is 2. The van der Waals surface area contributed by atoms with Crippen LogP contribution in [0.25, 0.3) is 10.9 Å². The number of halogens is 2. The first-order valence-corrected chi connectivity index (χ1v) is 9.91. The second kappa shape index (κ2) is 9.97. The molecule has 156 valence electrons. The lowest BCUT2D eigenvalue weighted by molar-refractivity contribution is -0.117. The number of fused-ring (bicyclic) bond motifs is 2. The number of carbonyl (C=O) groups excluding carboxylic acids is 1. The number of benzene rings is 1. The van der Waals surface area contributed by atoms with Crippen molar-refractivity contribution in [1.82, 2.24) is 14.8 Å². The van der Waals surface area contributed by atoms with Crippen LogP contribution < -0.4 is 10.6 Å². The van der Waals surface area contributed by atoms with Gasteiger partial charge in [0.05, 0.1) is 11.6 Å². The van der Waals surface area contributed by atoms with Crippen LogP contribution in [-0.2, 0) is 11.3 Å². The molecule has 2 heterocycles. The molecule has 4 rings (SSSR count). The van der Waals surface area contributed by atoms with Gasteiger partial charge in [-0.3, -0.25) is 4.79 Å². The van der Waals surface area contributed by atoms with Crippen molar-refractivity contribution in [3.8, 4) is 0 Å². The summed E-state index contributed by atoms with van der Waals surface area (Å²) < 4.78 is 2.26. The minimum atomic E-state index is -0.0423. The fourth-order valence-corrected chi connectivity index (χ4v) is 4.51. The van der Waals surface area contributed by atoms with Crippen molar-refractivity contribution >= 4 is 47.3 Å². The van der Waals surface area contributed by atoms with Crippen molar-refractivity contribution in [2.45, 2.75) is 50.7 Å². The third kappa shape index (κ3) is 5.01. The van der Waals surface area contributed by atoms with Crippen molar-refractivity contribution in [3.05, 3.63) is 30.5 Å². The van der Waals surface area contributed by atoms with Gasteiger partial charge < -0.3 is 20.1 Å². The molecular weight excluding hydrogens is 395 g/mol. The molecule has 1 aromatic carbocycles. The third-order valence-corrected chi connectivity index (χ3v) is 6.01. The summed E-state index contributed by atoms with van der Waals surface area (Å²) in [6.07, 6.45) is 8.22. The standard InChI is InChI=1S/C21H30N4O.2ClH/c1-24(2)11-12-25-10-9-15-7-8-17(14-20(15)25)22-21(26)19-13-16-5-3-4-6-18(16)23-19;;/h7-10,14,16,18-19,23H,3-6,11-13H2,1-2H3,(H,22,26);2*1H. The van der Waals surface area contributed by atoms with E-state index in [0.717, 1.165) is 25.2 Å². The number of nitrogens with one attached hydrogen (secondary N) is 2. The van der Waals surface area contributed by atoms with Crippen LogP contribution in [0.4, 0.5) is 5.69 Å². The lowest BCUT2D eigenvalue weighted by Gasteiger charge is -2.24. The highest BCUT2D eigenvalue weighted by Crippen LogP contribution is 2.33. The maximum atomic E-state index is 12.7. The number of rotatable bonds is 5. The zero-order valence-corrected chi connectivity index (χ0v) is 18.3. The van der Waals surface area contributed by atoms with Crippen molar-refractivity contribution in [2.24, 2.45) is 5.92 Å². The van der Waals surface area contributed by atoms with E-state index < -0.39 is 0 Å². The second-order valence-electron chi connectivity index (χ2n) is 8.18. The Balaban J connectivity index is 0.00000140. The average molecular weight is 427 g/mol. The van der Waals surface area contributed by atoms with Gasteiger partial charge in [-0.1, -0.05) is 18.9 Å². The minimum Gasteiger partial charge on any atom is -0.346 e. The van der Waals surface area contributed by atoms with Gasteiger partial charge in [0.15, 0.2) is 0 Å². The fraction of sp³-hybridized carbons (Fsp3) is 0.571. The average Bonchev–Trinajstić information content (AvgIpc) is 3.23. The normalized spacial score (nSPS) is 23.8. The molecule has 1 saturated heterocycles. The Morgan fingerprint density at radius 3 is 2.75 bits per heavy atom. The molecule has 2 fully saturated rings. The molecule has 1 aliphatic heterocycles. The van der Waals surface area contributed by atoms with E-state index in [4.69, 9.17) is 0 Å². The molecule has 1 saturated carbocycles. The highest BCUT2D eigenvalue weighted by atomic mass is 35.5. The van der Waals surface area contributed by atoms with Crippen LogP contribution in [-0.4, -0.2) is 48.1 Å². The van der Waals surface area contributed by atoms with E-state index in [0.29, 0.717) is 12.0 Å². The van der Waals surface area contributed by atoms with Gasteiger partial charge in [0.1, 0.15) is 0 Å². The van der Waals surface area contributed by atoms with Crippen molar-refractivity contribution in [1.29, 1.82) is 0 Å². The van der Waals surface area contributed by atoms with E-state index in [9.17, 15) is 4.79 Å². The molecule has 5 nitrogen and oxygen atoms in total. The van der Waals surface area contributed by atoms with Crippen LogP contribution in [0.15, 0.2) is 30.5 Å². The van der Waals surface area contributed by atoms with E-state index >= 15 is 0 Å². The van der Waals surface area contributed by atoms with Crippen LogP contribution in [0.3, 0.4) is 0 Å². The monoisotopic (exact) mass is 426 g/mol. The number of carbonyl (C=O) groups is 1. The van der Waals surface area contributed by atoms with Gasteiger partial charge >= 0.3 is 0 Å². The molecule has 1 aromatic heterocycles. The molecule has 0 bridgehead atoms. The summed E-state index contributed by atoms with van der Waals surface area (Å²) in [5.41, 5.74) is 2.07. The van der Waals surface area contributed by atoms with Crippen molar-refractivity contribution < 1.29 is 4.79 Å². The first-order valence-electron chi connectivity index (χ1n) is 9.91. The number of aromatic nitrogens is 1. The zero-order chi connectivity index (χ0) is 18.1. The quantitative estimate of drug-likeness (QED) is 0.761. The molecule has 1 amide bonds. The minimum absolute atomic E-state index is 0. The Kier molecular flexibility index (Phi) is 8.19. The lowest BCUT2D eigenvalue weighted by Crippen LogP contribution is -2.39.